The van der Waals surface area contributed by atoms with Crippen LogP contribution in [0.1, 0.15) is 10.5 Å². The van der Waals surface area contributed by atoms with Gasteiger partial charge in [0.15, 0.2) is 11.3 Å². The number of rotatable bonds is 2. The van der Waals surface area contributed by atoms with Crippen LogP contribution in [0.3, 0.4) is 0 Å². The van der Waals surface area contributed by atoms with Gasteiger partial charge in [-0.05, 0) is 18.2 Å². The first-order chi connectivity index (χ1) is 9.69. The Labute approximate surface area is 119 Å². The highest BCUT2D eigenvalue weighted by Crippen LogP contribution is 2.22. The van der Waals surface area contributed by atoms with Gasteiger partial charge in [-0.25, -0.2) is 14.3 Å². The molecule has 2 heterocycles. The summed E-state index contributed by atoms with van der Waals surface area (Å²) < 4.78 is 6.27. The summed E-state index contributed by atoms with van der Waals surface area (Å²) in [7, 11) is 1.32. The second-order valence-electron chi connectivity index (χ2n) is 4.13. The van der Waals surface area contributed by atoms with Crippen molar-refractivity contribution in [2.45, 2.75) is 0 Å². The summed E-state index contributed by atoms with van der Waals surface area (Å²) in [4.78, 5) is 15.7. The Balaban J connectivity index is 2.18. The van der Waals surface area contributed by atoms with Crippen molar-refractivity contribution in [1.82, 2.24) is 14.6 Å². The average Bonchev–Trinajstić information content (AvgIpc) is 2.91. The first-order valence-electron chi connectivity index (χ1n) is 5.88. The highest BCUT2D eigenvalue weighted by molar-refractivity contribution is 6.30. The minimum absolute atomic E-state index is 0.224. The van der Waals surface area contributed by atoms with E-state index in [-0.39, 0.29) is 5.69 Å². The van der Waals surface area contributed by atoms with Gasteiger partial charge in [-0.15, -0.1) is 0 Å². The lowest BCUT2D eigenvalue weighted by Gasteiger charge is -2.04. The lowest BCUT2D eigenvalue weighted by Crippen LogP contribution is -2.03. The zero-order valence-corrected chi connectivity index (χ0v) is 11.3. The molecule has 5 nitrogen and oxygen atoms in total. The predicted molar refractivity (Wildman–Crippen MR) is 74.8 cm³/mol. The number of fused-ring (bicyclic) bond motifs is 1. The van der Waals surface area contributed by atoms with Crippen molar-refractivity contribution in [3.05, 3.63) is 53.3 Å². The van der Waals surface area contributed by atoms with Crippen LogP contribution in [-0.4, -0.2) is 27.7 Å². The number of carbonyl (C=O) groups is 1. The molecule has 0 saturated heterocycles. The maximum absolute atomic E-state index is 11.5. The number of benzene rings is 1. The van der Waals surface area contributed by atoms with E-state index in [1.165, 1.54) is 7.11 Å². The third kappa shape index (κ3) is 2.12. The number of hydrogen-bond acceptors (Lipinski definition) is 4. The molecule has 20 heavy (non-hydrogen) atoms. The second-order valence-corrected chi connectivity index (χ2v) is 4.56. The van der Waals surface area contributed by atoms with E-state index in [0.29, 0.717) is 10.7 Å². The van der Waals surface area contributed by atoms with Crippen molar-refractivity contribution >= 4 is 23.2 Å². The van der Waals surface area contributed by atoms with Gasteiger partial charge < -0.3 is 4.74 Å². The fraction of sp³-hybridized carbons (Fsp3) is 0.0714. The van der Waals surface area contributed by atoms with E-state index >= 15 is 0 Å². The van der Waals surface area contributed by atoms with Crippen molar-refractivity contribution in [3.8, 4) is 11.3 Å². The fourth-order valence-electron chi connectivity index (χ4n) is 1.94. The van der Waals surface area contributed by atoms with Gasteiger partial charge in [-0.2, -0.15) is 5.10 Å². The number of methoxy groups -OCH3 is 1. The SMILES string of the molecule is COC(=O)c1cc2nccc(-c3ccc(Cl)cc3)n2n1. The number of nitrogens with zero attached hydrogens (tertiary/aromatic N) is 3. The largest absolute Gasteiger partial charge is 0.464 e. The van der Waals surface area contributed by atoms with Crippen LogP contribution in [0.5, 0.6) is 0 Å². The Morgan fingerprint density at radius 2 is 2.00 bits per heavy atom. The molecule has 0 unspecified atom stereocenters. The Bertz CT molecular complexity index is 781. The predicted octanol–water partition coefficient (Wildman–Crippen LogP) is 2.84. The number of ether oxygens (including phenoxy) is 1. The normalized spacial score (nSPS) is 10.7. The molecule has 0 bridgehead atoms. The maximum Gasteiger partial charge on any atom is 0.358 e. The molecule has 1 aromatic carbocycles. The van der Waals surface area contributed by atoms with Gasteiger partial charge in [0.1, 0.15) is 0 Å². The summed E-state index contributed by atoms with van der Waals surface area (Å²) in [6, 6.07) is 10.8. The molecule has 0 spiro atoms. The van der Waals surface area contributed by atoms with Crippen LogP contribution in [0, 0.1) is 0 Å². The minimum Gasteiger partial charge on any atom is -0.464 e. The van der Waals surface area contributed by atoms with Gasteiger partial charge >= 0.3 is 5.97 Å². The summed E-state index contributed by atoms with van der Waals surface area (Å²) in [6.45, 7) is 0. The average molecular weight is 288 g/mol. The second kappa shape index (κ2) is 4.94. The van der Waals surface area contributed by atoms with Gasteiger partial charge in [0, 0.05) is 22.8 Å². The van der Waals surface area contributed by atoms with Crippen molar-refractivity contribution in [1.29, 1.82) is 0 Å². The Morgan fingerprint density at radius 1 is 1.25 bits per heavy atom. The van der Waals surface area contributed by atoms with Crippen LogP contribution >= 0.6 is 11.6 Å². The fourth-order valence-corrected chi connectivity index (χ4v) is 2.06. The number of esters is 1. The van der Waals surface area contributed by atoms with E-state index in [0.717, 1.165) is 11.3 Å². The molecule has 0 aliphatic carbocycles. The van der Waals surface area contributed by atoms with Crippen LogP contribution < -0.4 is 0 Å². The molecule has 3 aromatic rings. The molecule has 0 radical (unpaired) electrons. The quantitative estimate of drug-likeness (QED) is 0.680. The smallest absolute Gasteiger partial charge is 0.358 e. The van der Waals surface area contributed by atoms with Crippen molar-refractivity contribution < 1.29 is 9.53 Å². The number of carbonyl (C=O) groups excluding carboxylic acids is 1. The molecular formula is C14H10ClN3O2. The summed E-state index contributed by atoms with van der Waals surface area (Å²) in [5.74, 6) is -0.488. The number of aromatic nitrogens is 3. The third-order valence-electron chi connectivity index (χ3n) is 2.89. The number of halogens is 1. The van der Waals surface area contributed by atoms with E-state index in [1.807, 2.05) is 18.2 Å². The van der Waals surface area contributed by atoms with E-state index in [4.69, 9.17) is 11.6 Å². The van der Waals surface area contributed by atoms with Crippen LogP contribution in [0.15, 0.2) is 42.6 Å². The summed E-state index contributed by atoms with van der Waals surface area (Å²) >= 11 is 5.89. The van der Waals surface area contributed by atoms with E-state index in [2.05, 4.69) is 14.8 Å². The van der Waals surface area contributed by atoms with Crippen molar-refractivity contribution in [2.75, 3.05) is 7.11 Å². The van der Waals surface area contributed by atoms with Crippen LogP contribution in [0.4, 0.5) is 0 Å². The van der Waals surface area contributed by atoms with Gasteiger partial charge in [0.25, 0.3) is 0 Å². The highest BCUT2D eigenvalue weighted by atomic mass is 35.5. The van der Waals surface area contributed by atoms with Crippen LogP contribution in [0.2, 0.25) is 5.02 Å². The first kappa shape index (κ1) is 12.6. The highest BCUT2D eigenvalue weighted by Gasteiger charge is 2.13. The molecule has 100 valence electrons. The Morgan fingerprint density at radius 3 is 2.70 bits per heavy atom. The lowest BCUT2D eigenvalue weighted by molar-refractivity contribution is 0.0593. The van der Waals surface area contributed by atoms with Gasteiger partial charge in [0.05, 0.1) is 12.8 Å². The lowest BCUT2D eigenvalue weighted by atomic mass is 10.1. The monoisotopic (exact) mass is 287 g/mol. The molecule has 0 N–H and O–H groups in total. The zero-order valence-electron chi connectivity index (χ0n) is 10.6. The van der Waals surface area contributed by atoms with Crippen molar-refractivity contribution in [2.24, 2.45) is 0 Å². The molecule has 0 aliphatic heterocycles. The standard InChI is InChI=1S/C14H10ClN3O2/c1-20-14(19)11-8-13-16-7-6-12(18(13)17-11)9-2-4-10(15)5-3-9/h2-8H,1H3. The summed E-state index contributed by atoms with van der Waals surface area (Å²) in [5.41, 5.74) is 2.56. The van der Waals surface area contributed by atoms with E-state index < -0.39 is 5.97 Å². The molecule has 0 aliphatic rings. The Kier molecular flexibility index (Phi) is 3.12. The van der Waals surface area contributed by atoms with E-state index in [1.54, 1.807) is 28.9 Å². The topological polar surface area (TPSA) is 56.5 Å². The summed E-state index contributed by atoms with van der Waals surface area (Å²) in [6.07, 6.45) is 1.67. The molecule has 0 atom stereocenters. The molecule has 6 heteroatoms. The van der Waals surface area contributed by atoms with Crippen LogP contribution in [-0.2, 0) is 4.74 Å². The molecular weight excluding hydrogens is 278 g/mol. The molecule has 0 fully saturated rings. The van der Waals surface area contributed by atoms with Gasteiger partial charge in [-0.1, -0.05) is 23.7 Å². The zero-order chi connectivity index (χ0) is 14.1. The molecule has 2 aromatic heterocycles. The first-order valence-corrected chi connectivity index (χ1v) is 6.26. The van der Waals surface area contributed by atoms with Gasteiger partial charge in [-0.3, -0.25) is 0 Å². The summed E-state index contributed by atoms with van der Waals surface area (Å²) in [5, 5.41) is 4.89. The molecule has 0 amide bonds. The molecule has 0 saturated carbocycles. The molecule has 3 rings (SSSR count). The van der Waals surface area contributed by atoms with Gasteiger partial charge in [0.2, 0.25) is 0 Å². The van der Waals surface area contributed by atoms with Crippen LogP contribution in [0.25, 0.3) is 16.9 Å². The third-order valence-corrected chi connectivity index (χ3v) is 3.14. The number of hydrogen-bond donors (Lipinski definition) is 0. The van der Waals surface area contributed by atoms with Crippen molar-refractivity contribution in [3.63, 3.8) is 0 Å². The maximum atomic E-state index is 11.5. The van der Waals surface area contributed by atoms with E-state index in [9.17, 15) is 4.79 Å². The Hall–Kier alpha value is -2.40. The minimum atomic E-state index is -0.488.